The van der Waals surface area contributed by atoms with Crippen molar-refractivity contribution in [1.29, 1.82) is 0 Å². The van der Waals surface area contributed by atoms with Crippen LogP contribution in [0.5, 0.6) is 0 Å². The minimum Gasteiger partial charge on any atom is -0.454 e. The van der Waals surface area contributed by atoms with Crippen LogP contribution in [0.15, 0.2) is 42.5 Å². The van der Waals surface area contributed by atoms with E-state index in [4.69, 9.17) is 4.74 Å². The van der Waals surface area contributed by atoms with Crippen molar-refractivity contribution in [3.8, 4) is 0 Å². The van der Waals surface area contributed by atoms with Crippen LogP contribution >= 0.6 is 0 Å². The topological polar surface area (TPSA) is 63.7 Å². The quantitative estimate of drug-likeness (QED) is 0.642. The number of halogens is 1. The molecule has 1 atom stereocenters. The van der Waals surface area contributed by atoms with Crippen LogP contribution in [0.1, 0.15) is 49.7 Å². The molecule has 0 aliphatic carbocycles. The summed E-state index contributed by atoms with van der Waals surface area (Å²) < 4.78 is 18.3. The van der Waals surface area contributed by atoms with Gasteiger partial charge in [-0.05, 0) is 42.8 Å². The minimum atomic E-state index is -0.621. The Morgan fingerprint density at radius 1 is 1.04 bits per heavy atom. The van der Waals surface area contributed by atoms with Gasteiger partial charge in [0, 0.05) is 7.05 Å². The molecule has 1 unspecified atom stereocenters. The number of fused-ring (bicyclic) bond motifs is 1. The summed E-state index contributed by atoms with van der Waals surface area (Å²) in [5.41, 5.74) is 1.29. The molecule has 0 saturated heterocycles. The second-order valence-electron chi connectivity index (χ2n) is 5.53. The molecular weight excluding hydrogens is 313 g/mol. The summed E-state index contributed by atoms with van der Waals surface area (Å²) in [6.07, 6.45) is -0.577. The van der Waals surface area contributed by atoms with E-state index in [1.54, 1.807) is 6.92 Å². The Morgan fingerprint density at radius 3 is 2.33 bits per heavy atom. The molecule has 2 aromatic rings. The molecule has 0 bridgehead atoms. The molecule has 0 radical (unpaired) electrons. The second kappa shape index (κ2) is 5.88. The first-order valence-corrected chi connectivity index (χ1v) is 7.31. The van der Waals surface area contributed by atoms with Gasteiger partial charge < -0.3 is 4.74 Å². The van der Waals surface area contributed by atoms with E-state index in [1.807, 2.05) is 0 Å². The molecule has 0 N–H and O–H groups in total. The Labute approximate surface area is 137 Å². The van der Waals surface area contributed by atoms with Crippen LogP contribution in [0.3, 0.4) is 0 Å². The number of nitrogens with zero attached hydrogens (tertiary/aromatic N) is 1. The zero-order valence-corrected chi connectivity index (χ0v) is 13.1. The Balaban J connectivity index is 1.80. The number of hydrogen-bond acceptors (Lipinski definition) is 4. The summed E-state index contributed by atoms with van der Waals surface area (Å²) >= 11 is 0. The fraction of sp³-hybridized carbons (Fsp3) is 0.167. The third-order valence-corrected chi connectivity index (χ3v) is 3.95. The smallest absolute Gasteiger partial charge is 0.338 e. The molecule has 0 aromatic heterocycles. The zero-order valence-electron chi connectivity index (χ0n) is 13.1. The van der Waals surface area contributed by atoms with Crippen LogP contribution in [-0.4, -0.2) is 29.7 Å². The largest absolute Gasteiger partial charge is 0.454 e. The van der Waals surface area contributed by atoms with Crippen LogP contribution in [-0.2, 0) is 4.74 Å². The fourth-order valence-electron chi connectivity index (χ4n) is 2.52. The van der Waals surface area contributed by atoms with E-state index in [2.05, 4.69) is 0 Å². The van der Waals surface area contributed by atoms with Gasteiger partial charge in [0.25, 0.3) is 11.8 Å². The van der Waals surface area contributed by atoms with Crippen molar-refractivity contribution in [2.75, 3.05) is 7.05 Å². The molecule has 0 fully saturated rings. The van der Waals surface area contributed by atoms with Crippen LogP contribution in [0, 0.1) is 5.82 Å². The highest BCUT2D eigenvalue weighted by molar-refractivity contribution is 6.21. The maximum Gasteiger partial charge on any atom is 0.338 e. The van der Waals surface area contributed by atoms with Crippen LogP contribution in [0.25, 0.3) is 0 Å². The first kappa shape index (κ1) is 15.9. The van der Waals surface area contributed by atoms with Gasteiger partial charge in [-0.3, -0.25) is 14.5 Å². The van der Waals surface area contributed by atoms with Crippen molar-refractivity contribution in [2.24, 2.45) is 0 Å². The highest BCUT2D eigenvalue weighted by Gasteiger charge is 2.33. The molecule has 5 nitrogen and oxygen atoms in total. The maximum atomic E-state index is 12.9. The number of hydrogen-bond donors (Lipinski definition) is 0. The highest BCUT2D eigenvalue weighted by atomic mass is 19.1. The lowest BCUT2D eigenvalue weighted by molar-refractivity contribution is 0.0337. The summed E-state index contributed by atoms with van der Waals surface area (Å²) in [7, 11) is 1.39. The van der Waals surface area contributed by atoms with E-state index >= 15 is 0 Å². The summed E-state index contributed by atoms with van der Waals surface area (Å²) in [6.45, 7) is 1.67. The van der Waals surface area contributed by atoms with Crippen molar-refractivity contribution in [3.05, 3.63) is 70.5 Å². The number of imide groups is 1. The van der Waals surface area contributed by atoms with Gasteiger partial charge in [-0.25, -0.2) is 9.18 Å². The third kappa shape index (κ3) is 2.67. The van der Waals surface area contributed by atoms with Gasteiger partial charge in [0.2, 0.25) is 0 Å². The molecular formula is C18H14FNO4. The Bertz CT molecular complexity index is 845. The molecule has 1 heterocycles. The molecule has 3 rings (SSSR count). The Kier molecular flexibility index (Phi) is 3.89. The summed E-state index contributed by atoms with van der Waals surface area (Å²) in [4.78, 5) is 37.1. The predicted octanol–water partition coefficient (Wildman–Crippen LogP) is 2.97. The van der Waals surface area contributed by atoms with Crippen molar-refractivity contribution in [3.63, 3.8) is 0 Å². The van der Waals surface area contributed by atoms with E-state index < -0.39 is 23.9 Å². The first-order chi connectivity index (χ1) is 11.4. The molecule has 0 spiro atoms. The Morgan fingerprint density at radius 2 is 1.67 bits per heavy atom. The van der Waals surface area contributed by atoms with Crippen molar-refractivity contribution in [1.82, 2.24) is 4.90 Å². The van der Waals surface area contributed by atoms with E-state index in [9.17, 15) is 18.8 Å². The predicted molar refractivity (Wildman–Crippen MR) is 83.1 cm³/mol. The lowest BCUT2D eigenvalue weighted by Crippen LogP contribution is -2.24. The Hall–Kier alpha value is -3.02. The number of carbonyl (C=O) groups excluding carboxylic acids is 3. The van der Waals surface area contributed by atoms with Crippen molar-refractivity contribution < 1.29 is 23.5 Å². The second-order valence-corrected chi connectivity index (χ2v) is 5.53. The molecule has 0 saturated carbocycles. The molecule has 6 heteroatoms. The molecule has 122 valence electrons. The average molecular weight is 327 g/mol. The van der Waals surface area contributed by atoms with E-state index in [0.717, 1.165) is 4.90 Å². The average Bonchev–Trinajstić information content (AvgIpc) is 2.79. The molecule has 2 aromatic carbocycles. The number of ether oxygens (including phenoxy) is 1. The molecule has 1 aliphatic heterocycles. The van der Waals surface area contributed by atoms with Crippen LogP contribution < -0.4 is 0 Å². The molecule has 24 heavy (non-hydrogen) atoms. The summed E-state index contributed by atoms with van der Waals surface area (Å²) in [5.74, 6) is -1.83. The van der Waals surface area contributed by atoms with Crippen molar-refractivity contribution >= 4 is 17.8 Å². The van der Waals surface area contributed by atoms with E-state index in [-0.39, 0.29) is 22.5 Å². The highest BCUT2D eigenvalue weighted by Crippen LogP contribution is 2.24. The van der Waals surface area contributed by atoms with Gasteiger partial charge in [-0.2, -0.15) is 0 Å². The maximum absolute atomic E-state index is 12.9. The van der Waals surface area contributed by atoms with Crippen LogP contribution in [0.2, 0.25) is 0 Å². The zero-order chi connectivity index (χ0) is 17.4. The summed E-state index contributed by atoms with van der Waals surface area (Å²) in [5, 5.41) is 0. The van der Waals surface area contributed by atoms with Gasteiger partial charge in [0.05, 0.1) is 16.7 Å². The number of carbonyl (C=O) groups is 3. The third-order valence-electron chi connectivity index (χ3n) is 3.95. The van der Waals surface area contributed by atoms with E-state index in [0.29, 0.717) is 5.56 Å². The summed E-state index contributed by atoms with van der Waals surface area (Å²) in [6, 6.07) is 9.89. The lowest BCUT2D eigenvalue weighted by atomic mass is 10.1. The number of esters is 1. The SMILES string of the molecule is CC(OC(=O)c1ccc2c(c1)C(=O)N(C)C2=O)c1ccc(F)cc1. The van der Waals surface area contributed by atoms with Gasteiger partial charge >= 0.3 is 5.97 Å². The monoisotopic (exact) mass is 327 g/mol. The minimum absolute atomic E-state index is 0.180. The number of rotatable bonds is 3. The van der Waals surface area contributed by atoms with Gasteiger partial charge in [0.1, 0.15) is 11.9 Å². The van der Waals surface area contributed by atoms with Crippen molar-refractivity contribution in [2.45, 2.75) is 13.0 Å². The number of amides is 2. The van der Waals surface area contributed by atoms with Gasteiger partial charge in [-0.1, -0.05) is 12.1 Å². The van der Waals surface area contributed by atoms with E-state index in [1.165, 1.54) is 49.5 Å². The van der Waals surface area contributed by atoms with Gasteiger partial charge in [-0.15, -0.1) is 0 Å². The molecule has 2 amide bonds. The molecule has 1 aliphatic rings. The standard InChI is InChI=1S/C18H14FNO4/c1-10(11-3-6-13(19)7-4-11)24-18(23)12-5-8-14-15(9-12)17(22)20(2)16(14)21/h3-10H,1-2H3. The lowest BCUT2D eigenvalue weighted by Gasteiger charge is -2.14. The first-order valence-electron chi connectivity index (χ1n) is 7.31. The van der Waals surface area contributed by atoms with Gasteiger partial charge in [0.15, 0.2) is 0 Å². The normalized spacial score (nSPS) is 14.5. The fourth-order valence-corrected chi connectivity index (χ4v) is 2.52. The van der Waals surface area contributed by atoms with Crippen LogP contribution in [0.4, 0.5) is 4.39 Å². The number of benzene rings is 2.